The third kappa shape index (κ3) is 6.94. The molecule has 2 aliphatic rings. The van der Waals surface area contributed by atoms with Crippen molar-refractivity contribution in [2.24, 2.45) is 0 Å². The topological polar surface area (TPSA) is 152 Å². The van der Waals surface area contributed by atoms with Gasteiger partial charge >= 0.3 is 12.1 Å². The minimum absolute atomic E-state index is 0.0909. The van der Waals surface area contributed by atoms with Crippen LogP contribution in [-0.2, 0) is 4.79 Å². The van der Waals surface area contributed by atoms with E-state index in [9.17, 15) is 14.4 Å². The SMILES string of the molecule is O=C1NCC(C(=O)NCCCNc2nc(Nc3cccc(NC(=O)N4CCCC4)c3)ncc2Br)N1. The molecule has 35 heavy (non-hydrogen) atoms. The number of anilines is 4. The van der Waals surface area contributed by atoms with Gasteiger partial charge in [0.1, 0.15) is 11.9 Å². The van der Waals surface area contributed by atoms with Gasteiger partial charge in [0, 0.05) is 50.3 Å². The standard InChI is InChI=1S/C22H28BrN9O3/c23-16-12-26-20(28-14-5-3-6-15(11-14)29-22(35)32-9-1-2-10-32)31-18(16)24-7-4-8-25-19(33)17-13-27-21(34)30-17/h3,5-6,11-12,17H,1-2,4,7-10,13H2,(H,25,33)(H,29,35)(H2,27,30,34)(H2,24,26,28,31). The van der Waals surface area contributed by atoms with Gasteiger partial charge in [-0.15, -0.1) is 0 Å². The van der Waals surface area contributed by atoms with E-state index < -0.39 is 6.04 Å². The normalized spacial score (nSPS) is 16.9. The van der Waals surface area contributed by atoms with E-state index in [2.05, 4.69) is 57.8 Å². The van der Waals surface area contributed by atoms with Crippen molar-refractivity contribution in [1.82, 2.24) is 30.8 Å². The summed E-state index contributed by atoms with van der Waals surface area (Å²) in [6.07, 6.45) is 4.39. The maximum atomic E-state index is 12.3. The Labute approximate surface area is 211 Å². The Bertz CT molecular complexity index is 1080. The van der Waals surface area contributed by atoms with Crippen molar-refractivity contribution in [2.45, 2.75) is 25.3 Å². The van der Waals surface area contributed by atoms with Gasteiger partial charge in [-0.2, -0.15) is 4.98 Å². The van der Waals surface area contributed by atoms with Crippen molar-refractivity contribution >= 4 is 57.0 Å². The molecule has 4 rings (SSSR count). The highest BCUT2D eigenvalue weighted by atomic mass is 79.9. The predicted octanol–water partition coefficient (Wildman–Crippen LogP) is 2.21. The minimum Gasteiger partial charge on any atom is -0.369 e. The average molecular weight is 546 g/mol. The van der Waals surface area contributed by atoms with Gasteiger partial charge in [-0.25, -0.2) is 14.6 Å². The molecule has 2 saturated heterocycles. The van der Waals surface area contributed by atoms with Crippen LogP contribution in [0, 0.1) is 0 Å². The van der Waals surface area contributed by atoms with Crippen LogP contribution in [0.25, 0.3) is 0 Å². The lowest BCUT2D eigenvalue weighted by molar-refractivity contribution is -0.122. The first-order chi connectivity index (χ1) is 17.0. The predicted molar refractivity (Wildman–Crippen MR) is 136 cm³/mol. The summed E-state index contributed by atoms with van der Waals surface area (Å²) in [4.78, 5) is 46.1. The van der Waals surface area contributed by atoms with Crippen LogP contribution in [0.5, 0.6) is 0 Å². The number of amides is 5. The molecule has 0 saturated carbocycles. The number of nitrogens with zero attached hydrogens (tertiary/aromatic N) is 3. The summed E-state index contributed by atoms with van der Waals surface area (Å²) in [7, 11) is 0. The summed E-state index contributed by atoms with van der Waals surface area (Å²) >= 11 is 3.45. The van der Waals surface area contributed by atoms with E-state index in [-0.39, 0.29) is 18.0 Å². The summed E-state index contributed by atoms with van der Waals surface area (Å²) in [6.45, 7) is 2.90. The van der Waals surface area contributed by atoms with Gasteiger partial charge in [0.05, 0.1) is 4.47 Å². The molecule has 0 aliphatic carbocycles. The van der Waals surface area contributed by atoms with Crippen LogP contribution in [-0.4, -0.2) is 71.6 Å². The van der Waals surface area contributed by atoms with Gasteiger partial charge < -0.3 is 36.8 Å². The number of carbonyl (C=O) groups excluding carboxylic acids is 3. The molecule has 1 unspecified atom stereocenters. The second kappa shape index (κ2) is 11.7. The molecule has 186 valence electrons. The molecule has 2 aliphatic heterocycles. The zero-order chi connectivity index (χ0) is 24.6. The number of aromatic nitrogens is 2. The Morgan fingerprint density at radius 2 is 1.97 bits per heavy atom. The number of rotatable bonds is 9. The molecule has 2 aromatic rings. The van der Waals surface area contributed by atoms with Gasteiger partial charge in [-0.3, -0.25) is 4.79 Å². The summed E-state index contributed by atoms with van der Waals surface area (Å²) < 4.78 is 0.707. The number of likely N-dealkylation sites (tertiary alicyclic amines) is 1. The van der Waals surface area contributed by atoms with Crippen LogP contribution in [0.1, 0.15) is 19.3 Å². The lowest BCUT2D eigenvalue weighted by Gasteiger charge is -2.16. The van der Waals surface area contributed by atoms with Gasteiger partial charge in [-0.05, 0) is 53.4 Å². The van der Waals surface area contributed by atoms with E-state index in [1.165, 1.54) is 0 Å². The Hall–Kier alpha value is -3.61. The van der Waals surface area contributed by atoms with Crippen LogP contribution in [0.4, 0.5) is 32.7 Å². The first-order valence-corrected chi connectivity index (χ1v) is 12.3. The van der Waals surface area contributed by atoms with Crippen LogP contribution in [0.15, 0.2) is 34.9 Å². The molecule has 12 nitrogen and oxygen atoms in total. The van der Waals surface area contributed by atoms with Crippen LogP contribution >= 0.6 is 15.9 Å². The molecule has 1 aromatic carbocycles. The number of hydrogen-bond acceptors (Lipinski definition) is 7. The monoisotopic (exact) mass is 545 g/mol. The maximum absolute atomic E-state index is 12.3. The first-order valence-electron chi connectivity index (χ1n) is 11.5. The van der Waals surface area contributed by atoms with Crippen LogP contribution < -0.4 is 31.9 Å². The fourth-order valence-electron chi connectivity index (χ4n) is 3.72. The summed E-state index contributed by atoms with van der Waals surface area (Å²) in [6, 6.07) is 6.43. The quantitative estimate of drug-likeness (QED) is 0.264. The zero-order valence-corrected chi connectivity index (χ0v) is 20.7. The Morgan fingerprint density at radius 3 is 2.74 bits per heavy atom. The largest absolute Gasteiger partial charge is 0.369 e. The highest BCUT2D eigenvalue weighted by Crippen LogP contribution is 2.23. The molecule has 3 heterocycles. The molecule has 1 aromatic heterocycles. The van der Waals surface area contributed by atoms with E-state index in [1.807, 2.05) is 29.2 Å². The Morgan fingerprint density at radius 1 is 1.17 bits per heavy atom. The van der Waals surface area contributed by atoms with Crippen molar-refractivity contribution in [3.63, 3.8) is 0 Å². The number of urea groups is 2. The van der Waals surface area contributed by atoms with Crippen LogP contribution in [0.2, 0.25) is 0 Å². The van der Waals surface area contributed by atoms with E-state index in [1.54, 1.807) is 6.20 Å². The fourth-order valence-corrected chi connectivity index (χ4v) is 4.05. The van der Waals surface area contributed by atoms with Gasteiger partial charge in [-0.1, -0.05) is 6.07 Å². The van der Waals surface area contributed by atoms with Gasteiger partial charge in [0.2, 0.25) is 11.9 Å². The first kappa shape index (κ1) is 24.5. The third-order valence-corrected chi connectivity index (χ3v) is 6.12. The van der Waals surface area contributed by atoms with E-state index in [4.69, 9.17) is 0 Å². The fraction of sp³-hybridized carbons (Fsp3) is 0.409. The highest BCUT2D eigenvalue weighted by molar-refractivity contribution is 9.10. The van der Waals surface area contributed by atoms with E-state index in [0.29, 0.717) is 48.0 Å². The molecular formula is C22H28BrN9O3. The molecule has 5 amide bonds. The smallest absolute Gasteiger partial charge is 0.321 e. The number of carbonyl (C=O) groups is 3. The molecule has 1 atom stereocenters. The molecule has 0 bridgehead atoms. The molecule has 2 fully saturated rings. The molecule has 0 radical (unpaired) electrons. The number of nitrogens with one attached hydrogen (secondary N) is 6. The molecule has 6 N–H and O–H groups in total. The second-order valence-corrected chi connectivity index (χ2v) is 9.05. The lowest BCUT2D eigenvalue weighted by atomic mass is 10.3. The van der Waals surface area contributed by atoms with Gasteiger partial charge in [0.25, 0.3) is 0 Å². The Kier molecular flexibility index (Phi) is 8.19. The second-order valence-electron chi connectivity index (χ2n) is 8.20. The van der Waals surface area contributed by atoms with Crippen molar-refractivity contribution in [2.75, 3.05) is 48.7 Å². The molecular weight excluding hydrogens is 518 g/mol. The maximum Gasteiger partial charge on any atom is 0.321 e. The molecule has 0 spiro atoms. The van der Waals surface area contributed by atoms with Crippen LogP contribution in [0.3, 0.4) is 0 Å². The molecule has 13 heteroatoms. The third-order valence-electron chi connectivity index (χ3n) is 5.54. The number of halogens is 1. The van der Waals surface area contributed by atoms with Gasteiger partial charge in [0.15, 0.2) is 0 Å². The van der Waals surface area contributed by atoms with Crippen molar-refractivity contribution in [3.8, 4) is 0 Å². The summed E-state index contributed by atoms with van der Waals surface area (Å²) in [5, 5.41) is 17.2. The minimum atomic E-state index is -0.535. The average Bonchev–Trinajstić information content (AvgIpc) is 3.53. The highest BCUT2D eigenvalue weighted by Gasteiger charge is 2.26. The van der Waals surface area contributed by atoms with E-state index >= 15 is 0 Å². The zero-order valence-electron chi connectivity index (χ0n) is 19.1. The summed E-state index contributed by atoms with van der Waals surface area (Å²) in [5.74, 6) is 0.799. The van der Waals surface area contributed by atoms with Crippen molar-refractivity contribution in [1.29, 1.82) is 0 Å². The number of benzene rings is 1. The van der Waals surface area contributed by atoms with E-state index in [0.717, 1.165) is 31.6 Å². The lowest BCUT2D eigenvalue weighted by Crippen LogP contribution is -2.43. The number of hydrogen-bond donors (Lipinski definition) is 6. The Balaban J connectivity index is 1.25. The van der Waals surface area contributed by atoms with Crippen molar-refractivity contribution < 1.29 is 14.4 Å². The van der Waals surface area contributed by atoms with Crippen molar-refractivity contribution in [3.05, 3.63) is 34.9 Å². The summed E-state index contributed by atoms with van der Waals surface area (Å²) in [5.41, 5.74) is 1.44.